The van der Waals surface area contributed by atoms with Gasteiger partial charge in [-0.05, 0) is 43.2 Å². The molecular formula is C18H19ClFN3O. The number of hydrogen-bond acceptors (Lipinski definition) is 3. The van der Waals surface area contributed by atoms with Gasteiger partial charge in [-0.2, -0.15) is 0 Å². The third-order valence-corrected chi connectivity index (χ3v) is 4.55. The number of nitrogens with one attached hydrogen (secondary N) is 2. The molecule has 0 radical (unpaired) electrons. The van der Waals surface area contributed by atoms with Crippen LogP contribution in [0, 0.1) is 5.82 Å². The molecule has 0 spiro atoms. The zero-order chi connectivity index (χ0) is 16.9. The number of hydrogen-bond donors (Lipinski definition) is 2. The molecule has 4 nitrogen and oxygen atoms in total. The topological polar surface area (TPSA) is 54.0 Å². The summed E-state index contributed by atoms with van der Waals surface area (Å²) in [4.78, 5) is 16.7. The third kappa shape index (κ3) is 4.03. The molecule has 1 aliphatic carbocycles. The number of aromatic nitrogens is 1. The number of anilines is 1. The largest absolute Gasteiger partial charge is 0.365 e. The Morgan fingerprint density at radius 3 is 2.67 bits per heavy atom. The number of benzene rings is 1. The van der Waals surface area contributed by atoms with Crippen LogP contribution in [-0.2, 0) is 0 Å². The lowest BCUT2D eigenvalue weighted by atomic mass is 9.90. The fraction of sp³-hybridized carbons (Fsp3) is 0.333. The highest BCUT2D eigenvalue weighted by Gasteiger charge is 2.27. The van der Waals surface area contributed by atoms with Gasteiger partial charge < -0.3 is 10.6 Å². The molecule has 2 aromatic rings. The quantitative estimate of drug-likeness (QED) is 0.878. The number of rotatable bonds is 4. The number of carbonyl (C=O) groups excluding carboxylic acids is 1. The summed E-state index contributed by atoms with van der Waals surface area (Å²) in [7, 11) is 0. The van der Waals surface area contributed by atoms with Crippen molar-refractivity contribution in [2.24, 2.45) is 0 Å². The van der Waals surface area contributed by atoms with Crippen LogP contribution in [0.4, 0.5) is 10.2 Å². The Balaban J connectivity index is 1.69. The number of nitrogens with zero attached hydrogens (tertiary/aromatic N) is 1. The molecule has 1 aromatic carbocycles. The summed E-state index contributed by atoms with van der Waals surface area (Å²) in [6.45, 7) is 0. The third-order valence-electron chi connectivity index (χ3n) is 4.26. The van der Waals surface area contributed by atoms with Crippen molar-refractivity contribution in [3.8, 4) is 0 Å². The molecule has 2 N–H and O–H groups in total. The minimum atomic E-state index is -0.527. The molecule has 1 fully saturated rings. The van der Waals surface area contributed by atoms with Crippen molar-refractivity contribution in [3.63, 3.8) is 0 Å². The maximum atomic E-state index is 13.2. The van der Waals surface area contributed by atoms with Crippen molar-refractivity contribution in [2.75, 3.05) is 5.32 Å². The highest BCUT2D eigenvalue weighted by atomic mass is 35.5. The normalized spacial score (nSPS) is 20.4. The summed E-state index contributed by atoms with van der Waals surface area (Å²) in [5.74, 6) is 0.0330. The van der Waals surface area contributed by atoms with Gasteiger partial charge in [0, 0.05) is 23.8 Å². The standard InChI is InChI=1S/C18H19ClFN3O/c19-13-11-12(8-9-14(13)20)18(24)23-16-6-2-1-5-15(16)22-17-7-3-4-10-21-17/h3-4,7-11,15-16H,1-2,5-6H2,(H,21,22)(H,23,24). The van der Waals surface area contributed by atoms with Crippen LogP contribution in [0.25, 0.3) is 0 Å². The minimum Gasteiger partial charge on any atom is -0.365 e. The van der Waals surface area contributed by atoms with Gasteiger partial charge in [-0.1, -0.05) is 30.5 Å². The van der Waals surface area contributed by atoms with Crippen molar-refractivity contribution in [3.05, 3.63) is 59.0 Å². The Morgan fingerprint density at radius 1 is 1.17 bits per heavy atom. The first kappa shape index (κ1) is 16.7. The van der Waals surface area contributed by atoms with Gasteiger partial charge in [0.15, 0.2) is 0 Å². The van der Waals surface area contributed by atoms with Gasteiger partial charge in [0.25, 0.3) is 5.91 Å². The summed E-state index contributed by atoms with van der Waals surface area (Å²) >= 11 is 5.76. The fourth-order valence-electron chi connectivity index (χ4n) is 3.00. The van der Waals surface area contributed by atoms with Crippen molar-refractivity contribution < 1.29 is 9.18 Å². The maximum absolute atomic E-state index is 13.2. The minimum absolute atomic E-state index is 0.00270. The highest BCUT2D eigenvalue weighted by molar-refractivity contribution is 6.31. The summed E-state index contributed by atoms with van der Waals surface area (Å²) in [5, 5.41) is 6.39. The predicted octanol–water partition coefficient (Wildman–Crippen LogP) is 4.03. The average molecular weight is 348 g/mol. The Bertz CT molecular complexity index is 711. The van der Waals surface area contributed by atoms with Crippen molar-refractivity contribution >= 4 is 23.3 Å². The Kier molecular flexibility index (Phi) is 5.30. The average Bonchev–Trinajstić information content (AvgIpc) is 2.60. The van der Waals surface area contributed by atoms with Crippen molar-refractivity contribution in [1.29, 1.82) is 0 Å². The molecule has 1 heterocycles. The second kappa shape index (κ2) is 7.62. The lowest BCUT2D eigenvalue weighted by Crippen LogP contribution is -2.48. The first-order valence-electron chi connectivity index (χ1n) is 8.07. The molecule has 2 atom stereocenters. The molecule has 6 heteroatoms. The fourth-order valence-corrected chi connectivity index (χ4v) is 3.18. The van der Waals surface area contributed by atoms with Crippen LogP contribution in [-0.4, -0.2) is 23.0 Å². The summed E-state index contributed by atoms with van der Waals surface area (Å²) in [6.07, 6.45) is 5.77. The first-order chi connectivity index (χ1) is 11.6. The molecule has 126 valence electrons. The van der Waals surface area contributed by atoms with E-state index >= 15 is 0 Å². The summed E-state index contributed by atoms with van der Waals surface area (Å²) < 4.78 is 13.2. The van der Waals surface area contributed by atoms with Gasteiger partial charge in [-0.15, -0.1) is 0 Å². The Labute approximate surface area is 145 Å². The van der Waals surface area contributed by atoms with E-state index in [4.69, 9.17) is 11.6 Å². The van der Waals surface area contributed by atoms with Crippen LogP contribution in [0.1, 0.15) is 36.0 Å². The highest BCUT2D eigenvalue weighted by Crippen LogP contribution is 2.22. The number of halogens is 2. The molecular weight excluding hydrogens is 329 g/mol. The van der Waals surface area contributed by atoms with E-state index in [1.54, 1.807) is 6.20 Å². The lowest BCUT2D eigenvalue weighted by molar-refractivity contribution is 0.0923. The maximum Gasteiger partial charge on any atom is 0.251 e. The lowest BCUT2D eigenvalue weighted by Gasteiger charge is -2.33. The second-order valence-electron chi connectivity index (χ2n) is 5.96. The molecule has 3 rings (SSSR count). The van der Waals surface area contributed by atoms with Gasteiger partial charge in [-0.25, -0.2) is 9.37 Å². The number of carbonyl (C=O) groups is 1. The molecule has 1 amide bonds. The summed E-state index contributed by atoms with van der Waals surface area (Å²) in [6, 6.07) is 9.83. The Hall–Kier alpha value is -2.14. The van der Waals surface area contributed by atoms with Crippen LogP contribution in [0.5, 0.6) is 0 Å². The molecule has 0 saturated heterocycles. The van der Waals surface area contributed by atoms with Gasteiger partial charge in [0.05, 0.1) is 5.02 Å². The monoisotopic (exact) mass is 347 g/mol. The van der Waals surface area contributed by atoms with Crippen LogP contribution in [0.15, 0.2) is 42.6 Å². The molecule has 0 bridgehead atoms. The SMILES string of the molecule is O=C(NC1CCCCC1Nc1ccccn1)c1ccc(F)c(Cl)c1. The van der Waals surface area contributed by atoms with Crippen LogP contribution >= 0.6 is 11.6 Å². The van der Waals surface area contributed by atoms with E-state index < -0.39 is 5.82 Å². The van der Waals surface area contributed by atoms with Crippen LogP contribution in [0.3, 0.4) is 0 Å². The molecule has 1 aliphatic rings. The molecule has 1 aromatic heterocycles. The molecule has 0 aliphatic heterocycles. The van der Waals surface area contributed by atoms with Crippen LogP contribution in [0.2, 0.25) is 5.02 Å². The van der Waals surface area contributed by atoms with E-state index in [1.807, 2.05) is 18.2 Å². The number of pyridine rings is 1. The smallest absolute Gasteiger partial charge is 0.251 e. The zero-order valence-electron chi connectivity index (χ0n) is 13.1. The second-order valence-corrected chi connectivity index (χ2v) is 6.37. The zero-order valence-corrected chi connectivity index (χ0v) is 13.9. The van der Waals surface area contributed by atoms with Crippen LogP contribution < -0.4 is 10.6 Å². The van der Waals surface area contributed by atoms with Crippen molar-refractivity contribution in [2.45, 2.75) is 37.8 Å². The van der Waals surface area contributed by atoms with E-state index in [0.717, 1.165) is 31.5 Å². The van der Waals surface area contributed by atoms with E-state index in [0.29, 0.717) is 5.56 Å². The van der Waals surface area contributed by atoms with E-state index in [9.17, 15) is 9.18 Å². The predicted molar refractivity (Wildman–Crippen MR) is 92.8 cm³/mol. The van der Waals surface area contributed by atoms with Crippen molar-refractivity contribution in [1.82, 2.24) is 10.3 Å². The molecule has 1 saturated carbocycles. The van der Waals surface area contributed by atoms with Gasteiger partial charge in [0.2, 0.25) is 0 Å². The van der Waals surface area contributed by atoms with Gasteiger partial charge >= 0.3 is 0 Å². The Morgan fingerprint density at radius 2 is 1.96 bits per heavy atom. The van der Waals surface area contributed by atoms with E-state index in [-0.39, 0.29) is 23.0 Å². The first-order valence-corrected chi connectivity index (χ1v) is 8.45. The summed E-state index contributed by atoms with van der Waals surface area (Å²) in [5.41, 5.74) is 0.364. The van der Waals surface area contributed by atoms with E-state index in [1.165, 1.54) is 18.2 Å². The molecule has 24 heavy (non-hydrogen) atoms. The van der Waals surface area contributed by atoms with Gasteiger partial charge in [-0.3, -0.25) is 4.79 Å². The van der Waals surface area contributed by atoms with E-state index in [2.05, 4.69) is 15.6 Å². The number of amides is 1. The van der Waals surface area contributed by atoms with Gasteiger partial charge in [0.1, 0.15) is 11.6 Å². The molecule has 2 unspecified atom stereocenters.